The van der Waals surface area contributed by atoms with Gasteiger partial charge in [-0.2, -0.15) is 0 Å². The third-order valence-electron chi connectivity index (χ3n) is 3.02. The predicted octanol–water partition coefficient (Wildman–Crippen LogP) is 2.38. The Morgan fingerprint density at radius 1 is 1.56 bits per heavy atom. The molecule has 0 radical (unpaired) electrons. The number of halogens is 2. The van der Waals surface area contributed by atoms with E-state index in [0.29, 0.717) is 12.6 Å². The maximum atomic E-state index is 13.6. The Balaban J connectivity index is 2.10. The highest BCUT2D eigenvalue weighted by Gasteiger charge is 2.19. The van der Waals surface area contributed by atoms with Gasteiger partial charge in [-0.05, 0) is 25.1 Å². The summed E-state index contributed by atoms with van der Waals surface area (Å²) in [6, 6.07) is 5.59. The van der Waals surface area contributed by atoms with Gasteiger partial charge in [0, 0.05) is 42.3 Å². The van der Waals surface area contributed by atoms with E-state index in [2.05, 4.69) is 33.1 Å². The summed E-state index contributed by atoms with van der Waals surface area (Å²) in [6.45, 7) is 5.80. The lowest BCUT2D eigenvalue weighted by Crippen LogP contribution is -2.49. The lowest BCUT2D eigenvalue weighted by molar-refractivity contribution is 0.164. The lowest BCUT2D eigenvalue weighted by Gasteiger charge is -2.33. The van der Waals surface area contributed by atoms with Crippen molar-refractivity contribution in [3.8, 4) is 0 Å². The van der Waals surface area contributed by atoms with E-state index < -0.39 is 0 Å². The first-order valence-electron chi connectivity index (χ1n) is 5.55. The highest BCUT2D eigenvalue weighted by atomic mass is 79.9. The Bertz CT molecular complexity index is 370. The number of piperazine rings is 1. The van der Waals surface area contributed by atoms with Gasteiger partial charge in [0.1, 0.15) is 5.82 Å². The van der Waals surface area contributed by atoms with Crippen LogP contribution in [0, 0.1) is 5.82 Å². The van der Waals surface area contributed by atoms with Gasteiger partial charge in [0.25, 0.3) is 0 Å². The van der Waals surface area contributed by atoms with Gasteiger partial charge in [-0.3, -0.25) is 4.90 Å². The molecule has 1 aromatic rings. The van der Waals surface area contributed by atoms with E-state index in [1.807, 2.05) is 6.07 Å². The van der Waals surface area contributed by atoms with Crippen molar-refractivity contribution >= 4 is 15.9 Å². The SMILES string of the molecule is CC1CNCCN1Cc1cc(Br)ccc1F. The second-order valence-corrected chi connectivity index (χ2v) is 5.18. The molecule has 4 heteroatoms. The highest BCUT2D eigenvalue weighted by molar-refractivity contribution is 9.10. The summed E-state index contributed by atoms with van der Waals surface area (Å²) in [5.74, 6) is -0.117. The molecule has 1 saturated heterocycles. The quantitative estimate of drug-likeness (QED) is 0.898. The largest absolute Gasteiger partial charge is 0.314 e. The first kappa shape index (κ1) is 12.0. The second kappa shape index (κ2) is 5.25. The fourth-order valence-electron chi connectivity index (χ4n) is 2.00. The molecule has 1 aliphatic heterocycles. The molecule has 16 heavy (non-hydrogen) atoms. The van der Waals surface area contributed by atoms with Crippen molar-refractivity contribution < 1.29 is 4.39 Å². The van der Waals surface area contributed by atoms with Gasteiger partial charge in [0.2, 0.25) is 0 Å². The fourth-order valence-corrected chi connectivity index (χ4v) is 2.41. The summed E-state index contributed by atoms with van der Waals surface area (Å²) in [5.41, 5.74) is 0.767. The summed E-state index contributed by atoms with van der Waals surface area (Å²) in [5, 5.41) is 3.33. The van der Waals surface area contributed by atoms with E-state index >= 15 is 0 Å². The molecule has 1 heterocycles. The van der Waals surface area contributed by atoms with E-state index in [9.17, 15) is 4.39 Å². The van der Waals surface area contributed by atoms with Crippen LogP contribution < -0.4 is 5.32 Å². The highest BCUT2D eigenvalue weighted by Crippen LogP contribution is 2.18. The van der Waals surface area contributed by atoms with Crippen molar-refractivity contribution in [2.75, 3.05) is 19.6 Å². The van der Waals surface area contributed by atoms with Crippen LogP contribution in [-0.4, -0.2) is 30.6 Å². The smallest absolute Gasteiger partial charge is 0.127 e. The average molecular weight is 287 g/mol. The normalized spacial score (nSPS) is 22.3. The van der Waals surface area contributed by atoms with Crippen LogP contribution >= 0.6 is 15.9 Å². The minimum absolute atomic E-state index is 0.117. The Kier molecular flexibility index (Phi) is 3.95. The molecule has 0 aromatic heterocycles. The summed E-state index contributed by atoms with van der Waals surface area (Å²) < 4.78 is 14.5. The first-order valence-corrected chi connectivity index (χ1v) is 6.35. The lowest BCUT2D eigenvalue weighted by atomic mass is 10.1. The van der Waals surface area contributed by atoms with Crippen molar-refractivity contribution in [3.05, 3.63) is 34.1 Å². The van der Waals surface area contributed by atoms with Crippen LogP contribution in [0.5, 0.6) is 0 Å². The van der Waals surface area contributed by atoms with Gasteiger partial charge in [-0.1, -0.05) is 15.9 Å². The summed E-state index contributed by atoms with van der Waals surface area (Å²) in [4.78, 5) is 2.31. The molecule has 0 amide bonds. The zero-order valence-electron chi connectivity index (χ0n) is 9.34. The number of hydrogen-bond acceptors (Lipinski definition) is 2. The van der Waals surface area contributed by atoms with Crippen LogP contribution in [0.4, 0.5) is 4.39 Å². The molecular weight excluding hydrogens is 271 g/mol. The maximum absolute atomic E-state index is 13.6. The van der Waals surface area contributed by atoms with Crippen LogP contribution in [-0.2, 0) is 6.54 Å². The summed E-state index contributed by atoms with van der Waals surface area (Å²) in [6.07, 6.45) is 0. The minimum Gasteiger partial charge on any atom is -0.314 e. The maximum Gasteiger partial charge on any atom is 0.127 e. The fraction of sp³-hybridized carbons (Fsp3) is 0.500. The van der Waals surface area contributed by atoms with Crippen LogP contribution in [0.15, 0.2) is 22.7 Å². The molecule has 1 N–H and O–H groups in total. The van der Waals surface area contributed by atoms with Crippen molar-refractivity contribution in [2.24, 2.45) is 0 Å². The monoisotopic (exact) mass is 286 g/mol. The van der Waals surface area contributed by atoms with Crippen LogP contribution in [0.2, 0.25) is 0 Å². The first-order chi connectivity index (χ1) is 7.66. The van der Waals surface area contributed by atoms with Crippen molar-refractivity contribution in [1.82, 2.24) is 10.2 Å². The molecule has 0 saturated carbocycles. The molecule has 1 unspecified atom stereocenters. The van der Waals surface area contributed by atoms with Gasteiger partial charge in [-0.15, -0.1) is 0 Å². The van der Waals surface area contributed by atoms with Crippen molar-refractivity contribution in [2.45, 2.75) is 19.5 Å². The van der Waals surface area contributed by atoms with Gasteiger partial charge in [-0.25, -0.2) is 4.39 Å². The molecule has 0 spiro atoms. The molecule has 2 rings (SSSR count). The number of nitrogens with zero attached hydrogens (tertiary/aromatic N) is 1. The third kappa shape index (κ3) is 2.81. The predicted molar refractivity (Wildman–Crippen MR) is 66.8 cm³/mol. The summed E-state index contributed by atoms with van der Waals surface area (Å²) >= 11 is 3.38. The third-order valence-corrected chi connectivity index (χ3v) is 3.51. The van der Waals surface area contributed by atoms with E-state index in [0.717, 1.165) is 29.7 Å². The Morgan fingerprint density at radius 2 is 2.38 bits per heavy atom. The van der Waals surface area contributed by atoms with E-state index in [1.165, 1.54) is 6.07 Å². The minimum atomic E-state index is -0.117. The molecule has 1 aliphatic rings. The molecular formula is C12H16BrFN2. The topological polar surface area (TPSA) is 15.3 Å². The molecule has 0 bridgehead atoms. The van der Waals surface area contributed by atoms with Gasteiger partial charge >= 0.3 is 0 Å². The molecule has 1 atom stereocenters. The Labute approximate surface area is 104 Å². The Morgan fingerprint density at radius 3 is 3.12 bits per heavy atom. The molecule has 88 valence electrons. The van der Waals surface area contributed by atoms with Gasteiger partial charge in [0.15, 0.2) is 0 Å². The number of hydrogen-bond donors (Lipinski definition) is 1. The number of rotatable bonds is 2. The van der Waals surface area contributed by atoms with Crippen LogP contribution in [0.25, 0.3) is 0 Å². The van der Waals surface area contributed by atoms with Crippen LogP contribution in [0.3, 0.4) is 0 Å². The molecule has 2 nitrogen and oxygen atoms in total. The van der Waals surface area contributed by atoms with E-state index in [1.54, 1.807) is 6.07 Å². The summed E-state index contributed by atoms with van der Waals surface area (Å²) in [7, 11) is 0. The number of benzene rings is 1. The Hall–Kier alpha value is -0.450. The van der Waals surface area contributed by atoms with Crippen LogP contribution in [0.1, 0.15) is 12.5 Å². The molecule has 1 fully saturated rings. The number of nitrogens with one attached hydrogen (secondary N) is 1. The average Bonchev–Trinajstić information content (AvgIpc) is 2.27. The van der Waals surface area contributed by atoms with E-state index in [4.69, 9.17) is 0 Å². The van der Waals surface area contributed by atoms with Gasteiger partial charge < -0.3 is 5.32 Å². The molecule has 0 aliphatic carbocycles. The molecule has 1 aromatic carbocycles. The van der Waals surface area contributed by atoms with Gasteiger partial charge in [0.05, 0.1) is 0 Å². The van der Waals surface area contributed by atoms with E-state index in [-0.39, 0.29) is 5.82 Å². The standard InChI is InChI=1S/C12H16BrFN2/c1-9-7-15-4-5-16(9)8-10-6-11(13)2-3-12(10)14/h2-3,6,9,15H,4-5,7-8H2,1H3. The zero-order valence-corrected chi connectivity index (χ0v) is 10.9. The second-order valence-electron chi connectivity index (χ2n) is 4.26. The van der Waals surface area contributed by atoms with Crippen molar-refractivity contribution in [3.63, 3.8) is 0 Å². The van der Waals surface area contributed by atoms with Crippen molar-refractivity contribution in [1.29, 1.82) is 0 Å². The zero-order chi connectivity index (χ0) is 11.5.